The van der Waals surface area contributed by atoms with Crippen molar-refractivity contribution in [3.8, 4) is 55.8 Å². The molecule has 0 unspecified atom stereocenters. The lowest BCUT2D eigenvalue weighted by atomic mass is 9.86. The van der Waals surface area contributed by atoms with Gasteiger partial charge in [0.2, 0.25) is 0 Å². The van der Waals surface area contributed by atoms with Crippen LogP contribution in [0.5, 0.6) is 0 Å². The van der Waals surface area contributed by atoms with E-state index >= 15 is 0 Å². The minimum Gasteiger partial charge on any atom is -0.254 e. The predicted molar refractivity (Wildman–Crippen MR) is 232 cm³/mol. The molecule has 0 spiro atoms. The molecule has 10 aromatic rings. The standard InChI is InChI=1S/C54H34N2/c1-2-17-44-43(16-1)47(37-10-7-11-38(30-37)50-28-27-36-26-25-35-13-9-29-55-53(35)54(36)56-50)32-49-48(44)31-39-12-8-20-40(52(39)49)33-21-23-34(24-22-33)51-45-18-5-3-14-41(45)42-15-4-6-19-46(42)51/h1-30,32,51H,31H2. The Bertz CT molecular complexity index is 3180. The van der Waals surface area contributed by atoms with Crippen molar-refractivity contribution >= 4 is 32.6 Å². The fraction of sp³-hybridized carbons (Fsp3) is 0.0370. The number of rotatable bonds is 4. The Morgan fingerprint density at radius 1 is 0.429 bits per heavy atom. The van der Waals surface area contributed by atoms with Gasteiger partial charge in [-0.1, -0.05) is 158 Å². The number of nitrogens with zero attached hydrogens (tertiary/aromatic N) is 2. The van der Waals surface area contributed by atoms with Gasteiger partial charge in [0.1, 0.15) is 0 Å². The van der Waals surface area contributed by atoms with Crippen LogP contribution in [0.25, 0.3) is 88.3 Å². The van der Waals surface area contributed by atoms with Crippen LogP contribution in [0.4, 0.5) is 0 Å². The van der Waals surface area contributed by atoms with Gasteiger partial charge in [-0.05, 0) is 114 Å². The van der Waals surface area contributed by atoms with Crippen molar-refractivity contribution in [3.05, 3.63) is 216 Å². The molecule has 2 heterocycles. The summed E-state index contributed by atoms with van der Waals surface area (Å²) in [4.78, 5) is 9.89. The van der Waals surface area contributed by atoms with Crippen LogP contribution in [0.15, 0.2) is 188 Å². The van der Waals surface area contributed by atoms with Gasteiger partial charge in [-0.15, -0.1) is 0 Å². The van der Waals surface area contributed by atoms with E-state index in [-0.39, 0.29) is 5.92 Å². The molecule has 8 aromatic carbocycles. The fourth-order valence-electron chi connectivity index (χ4n) is 9.68. The molecule has 0 saturated carbocycles. The second kappa shape index (κ2) is 12.2. The number of benzene rings is 8. The van der Waals surface area contributed by atoms with Gasteiger partial charge in [-0.3, -0.25) is 4.98 Å². The van der Waals surface area contributed by atoms with E-state index in [0.717, 1.165) is 39.5 Å². The molecule has 260 valence electrons. The number of pyridine rings is 2. The summed E-state index contributed by atoms with van der Waals surface area (Å²) < 4.78 is 0. The highest BCUT2D eigenvalue weighted by Gasteiger charge is 2.30. The maximum absolute atomic E-state index is 5.19. The summed E-state index contributed by atoms with van der Waals surface area (Å²) in [6.07, 6.45) is 2.78. The van der Waals surface area contributed by atoms with Crippen LogP contribution in [-0.2, 0) is 6.42 Å². The molecule has 2 aromatic heterocycles. The topological polar surface area (TPSA) is 25.8 Å². The zero-order valence-electron chi connectivity index (χ0n) is 30.6. The van der Waals surface area contributed by atoms with Crippen LogP contribution >= 0.6 is 0 Å². The van der Waals surface area contributed by atoms with Crippen molar-refractivity contribution in [2.75, 3.05) is 0 Å². The van der Waals surface area contributed by atoms with E-state index in [1.807, 2.05) is 12.3 Å². The molecule has 0 aliphatic heterocycles. The fourth-order valence-corrected chi connectivity index (χ4v) is 9.68. The summed E-state index contributed by atoms with van der Waals surface area (Å²) in [5.41, 5.74) is 21.2. The molecular formula is C54H34N2. The lowest BCUT2D eigenvalue weighted by Gasteiger charge is -2.17. The van der Waals surface area contributed by atoms with Crippen molar-refractivity contribution in [3.63, 3.8) is 0 Å². The van der Waals surface area contributed by atoms with Crippen LogP contribution < -0.4 is 0 Å². The van der Waals surface area contributed by atoms with E-state index in [1.165, 1.54) is 83.1 Å². The van der Waals surface area contributed by atoms with Crippen LogP contribution in [0.1, 0.15) is 33.7 Å². The minimum atomic E-state index is 0.240. The molecule has 0 atom stereocenters. The Morgan fingerprint density at radius 3 is 1.93 bits per heavy atom. The zero-order valence-corrected chi connectivity index (χ0v) is 30.6. The van der Waals surface area contributed by atoms with Gasteiger partial charge in [0.05, 0.1) is 16.7 Å². The highest BCUT2D eigenvalue weighted by molar-refractivity contribution is 6.07. The van der Waals surface area contributed by atoms with Crippen molar-refractivity contribution in [1.29, 1.82) is 0 Å². The summed E-state index contributed by atoms with van der Waals surface area (Å²) in [7, 11) is 0. The van der Waals surface area contributed by atoms with E-state index in [4.69, 9.17) is 9.97 Å². The highest BCUT2D eigenvalue weighted by atomic mass is 14.7. The lowest BCUT2D eigenvalue weighted by Crippen LogP contribution is -1.99. The quantitative estimate of drug-likeness (QED) is 0.170. The Morgan fingerprint density at radius 2 is 1.11 bits per heavy atom. The molecule has 56 heavy (non-hydrogen) atoms. The van der Waals surface area contributed by atoms with Crippen LogP contribution in [0.2, 0.25) is 0 Å². The maximum atomic E-state index is 5.19. The summed E-state index contributed by atoms with van der Waals surface area (Å²) in [5.74, 6) is 0.240. The zero-order chi connectivity index (χ0) is 36.7. The van der Waals surface area contributed by atoms with Gasteiger partial charge in [-0.2, -0.15) is 0 Å². The number of hydrogen-bond donors (Lipinski definition) is 0. The lowest BCUT2D eigenvalue weighted by molar-refractivity contribution is 1.02. The van der Waals surface area contributed by atoms with Gasteiger partial charge >= 0.3 is 0 Å². The van der Waals surface area contributed by atoms with E-state index in [1.54, 1.807) is 0 Å². The van der Waals surface area contributed by atoms with Crippen LogP contribution in [0, 0.1) is 0 Å². The van der Waals surface area contributed by atoms with E-state index in [2.05, 4.69) is 176 Å². The largest absolute Gasteiger partial charge is 0.254 e. The summed E-state index contributed by atoms with van der Waals surface area (Å²) in [5, 5.41) is 4.80. The number of fused-ring (bicyclic) bond motifs is 11. The first-order chi connectivity index (χ1) is 27.8. The Labute approximate surface area is 325 Å². The summed E-state index contributed by atoms with van der Waals surface area (Å²) >= 11 is 0. The van der Waals surface area contributed by atoms with Gasteiger partial charge in [-0.25, -0.2) is 4.98 Å². The first kappa shape index (κ1) is 31.2. The average Bonchev–Trinajstić information content (AvgIpc) is 3.82. The van der Waals surface area contributed by atoms with Gasteiger partial charge < -0.3 is 0 Å². The SMILES string of the molecule is c1cc(-c2ccc3ccc4cccnc4c3n2)cc(-c2cc3c(c4ccccc24)Cc2cccc(-c4ccc(C5c6ccccc6-c6ccccc65)cc4)c2-3)c1. The molecular weight excluding hydrogens is 677 g/mol. The molecule has 2 nitrogen and oxygen atoms in total. The van der Waals surface area contributed by atoms with Crippen molar-refractivity contribution in [2.24, 2.45) is 0 Å². The first-order valence-electron chi connectivity index (χ1n) is 19.5. The van der Waals surface area contributed by atoms with E-state index in [0.29, 0.717) is 0 Å². The first-order valence-corrected chi connectivity index (χ1v) is 19.5. The molecule has 0 saturated heterocycles. The number of aromatic nitrogens is 2. The van der Waals surface area contributed by atoms with Crippen LogP contribution in [-0.4, -0.2) is 9.97 Å². The second-order valence-corrected chi connectivity index (χ2v) is 15.2. The molecule has 0 fully saturated rings. The maximum Gasteiger partial charge on any atom is 0.0972 e. The number of hydrogen-bond acceptors (Lipinski definition) is 2. The van der Waals surface area contributed by atoms with E-state index in [9.17, 15) is 0 Å². The van der Waals surface area contributed by atoms with E-state index < -0.39 is 0 Å². The molecule has 0 amide bonds. The highest BCUT2D eigenvalue weighted by Crippen LogP contribution is 2.50. The third-order valence-corrected chi connectivity index (χ3v) is 12.2. The van der Waals surface area contributed by atoms with Crippen molar-refractivity contribution in [2.45, 2.75) is 12.3 Å². The predicted octanol–water partition coefficient (Wildman–Crippen LogP) is 13.7. The third-order valence-electron chi connectivity index (χ3n) is 12.2. The molecule has 2 aliphatic rings. The Hall–Kier alpha value is -7.16. The molecule has 0 N–H and O–H groups in total. The third kappa shape index (κ3) is 4.69. The molecule has 0 radical (unpaired) electrons. The van der Waals surface area contributed by atoms with Gasteiger partial charge in [0.25, 0.3) is 0 Å². The Kier molecular flexibility index (Phi) is 6.79. The van der Waals surface area contributed by atoms with Crippen molar-refractivity contribution in [1.82, 2.24) is 9.97 Å². The molecule has 2 heteroatoms. The summed E-state index contributed by atoms with van der Waals surface area (Å²) in [6.45, 7) is 0. The Balaban J connectivity index is 0.970. The van der Waals surface area contributed by atoms with Crippen molar-refractivity contribution < 1.29 is 0 Å². The molecule has 0 bridgehead atoms. The molecule has 2 aliphatic carbocycles. The van der Waals surface area contributed by atoms with Gasteiger partial charge in [0.15, 0.2) is 0 Å². The molecule has 12 rings (SSSR count). The summed E-state index contributed by atoms with van der Waals surface area (Å²) in [6, 6.07) is 67.0. The normalized spacial score (nSPS) is 12.9. The minimum absolute atomic E-state index is 0.240. The average molecular weight is 711 g/mol. The monoisotopic (exact) mass is 710 g/mol. The van der Waals surface area contributed by atoms with Gasteiger partial charge in [0, 0.05) is 28.5 Å². The smallest absolute Gasteiger partial charge is 0.0972 e. The van der Waals surface area contributed by atoms with Crippen LogP contribution in [0.3, 0.4) is 0 Å². The second-order valence-electron chi connectivity index (χ2n) is 15.2.